The van der Waals surface area contributed by atoms with Gasteiger partial charge in [-0.05, 0) is 31.2 Å². The highest BCUT2D eigenvalue weighted by Gasteiger charge is 2.12. The Hall–Kier alpha value is -3.27. The van der Waals surface area contributed by atoms with Crippen LogP contribution in [0.2, 0.25) is 0 Å². The van der Waals surface area contributed by atoms with Gasteiger partial charge in [0.15, 0.2) is 5.82 Å². The van der Waals surface area contributed by atoms with Crippen LogP contribution in [0.15, 0.2) is 60.7 Å². The van der Waals surface area contributed by atoms with Gasteiger partial charge in [-0.2, -0.15) is 0 Å². The minimum atomic E-state index is 0.863. The average Bonchev–Trinajstić information content (AvgIpc) is 2.98. The zero-order valence-corrected chi connectivity index (χ0v) is 14.1. The summed E-state index contributed by atoms with van der Waals surface area (Å²) in [5, 5.41) is 2.20. The number of fused-ring (bicyclic) bond motifs is 4. The molecular formula is C21H16N4. The molecule has 0 saturated heterocycles. The van der Waals surface area contributed by atoms with Gasteiger partial charge >= 0.3 is 0 Å². The average molecular weight is 324 g/mol. The first-order valence-electron chi connectivity index (χ1n) is 8.30. The molecule has 0 aliphatic rings. The predicted molar refractivity (Wildman–Crippen MR) is 101 cm³/mol. The summed E-state index contributed by atoms with van der Waals surface area (Å²) in [6, 6.07) is 20.6. The summed E-state index contributed by atoms with van der Waals surface area (Å²) < 4.78 is 2.09. The number of imidazole rings is 1. The third-order valence-electron chi connectivity index (χ3n) is 4.68. The number of pyridine rings is 2. The van der Waals surface area contributed by atoms with E-state index >= 15 is 0 Å². The smallest absolute Gasteiger partial charge is 0.159 e. The van der Waals surface area contributed by atoms with Crippen molar-refractivity contribution in [2.75, 3.05) is 0 Å². The highest BCUT2D eigenvalue weighted by molar-refractivity contribution is 6.03. The lowest BCUT2D eigenvalue weighted by Gasteiger charge is -2.07. The SMILES string of the molecule is Cc1ccc2ccc3ccc(-c4nc5ccccc5n4C)nc3c2n1. The second kappa shape index (κ2) is 5.11. The lowest BCUT2D eigenvalue weighted by molar-refractivity contribution is 0.952. The summed E-state index contributed by atoms with van der Waals surface area (Å²) in [6.45, 7) is 2.01. The molecule has 0 radical (unpaired) electrons. The maximum atomic E-state index is 4.92. The first-order valence-corrected chi connectivity index (χ1v) is 8.30. The van der Waals surface area contributed by atoms with Crippen LogP contribution in [0.1, 0.15) is 5.69 Å². The lowest BCUT2D eigenvalue weighted by Crippen LogP contribution is -1.96. The van der Waals surface area contributed by atoms with E-state index in [1.807, 2.05) is 44.3 Å². The Labute approximate surface area is 144 Å². The van der Waals surface area contributed by atoms with Crippen molar-refractivity contribution in [2.45, 2.75) is 6.92 Å². The van der Waals surface area contributed by atoms with Crippen molar-refractivity contribution in [3.63, 3.8) is 0 Å². The second-order valence-electron chi connectivity index (χ2n) is 6.34. The predicted octanol–water partition coefficient (Wildman–Crippen LogP) is 4.65. The minimum Gasteiger partial charge on any atom is -0.326 e. The quantitative estimate of drug-likeness (QED) is 0.422. The Kier molecular flexibility index (Phi) is 2.88. The van der Waals surface area contributed by atoms with Gasteiger partial charge in [0, 0.05) is 23.5 Å². The molecule has 0 atom stereocenters. The zero-order valence-electron chi connectivity index (χ0n) is 14.1. The topological polar surface area (TPSA) is 43.6 Å². The number of hydrogen-bond acceptors (Lipinski definition) is 3. The highest BCUT2D eigenvalue weighted by Crippen LogP contribution is 2.27. The number of aromatic nitrogens is 4. The number of benzene rings is 2. The molecule has 3 aromatic heterocycles. The van der Waals surface area contributed by atoms with E-state index in [1.165, 1.54) is 0 Å². The fraction of sp³-hybridized carbons (Fsp3) is 0.0952. The van der Waals surface area contributed by atoms with Gasteiger partial charge in [0.25, 0.3) is 0 Å². The van der Waals surface area contributed by atoms with Crippen molar-refractivity contribution >= 4 is 32.8 Å². The normalized spacial score (nSPS) is 11.6. The summed E-state index contributed by atoms with van der Waals surface area (Å²) in [4.78, 5) is 14.4. The molecule has 5 aromatic rings. The molecule has 25 heavy (non-hydrogen) atoms. The van der Waals surface area contributed by atoms with Gasteiger partial charge in [-0.1, -0.05) is 36.4 Å². The first-order chi connectivity index (χ1) is 12.2. The van der Waals surface area contributed by atoms with Crippen molar-refractivity contribution < 1.29 is 0 Å². The largest absolute Gasteiger partial charge is 0.326 e. The third-order valence-corrected chi connectivity index (χ3v) is 4.68. The number of nitrogens with zero attached hydrogens (tertiary/aromatic N) is 4. The summed E-state index contributed by atoms with van der Waals surface area (Å²) >= 11 is 0. The van der Waals surface area contributed by atoms with Crippen LogP contribution in [0, 0.1) is 6.92 Å². The Balaban J connectivity index is 1.83. The lowest BCUT2D eigenvalue weighted by atomic mass is 10.1. The van der Waals surface area contributed by atoms with E-state index in [2.05, 4.69) is 34.9 Å². The van der Waals surface area contributed by atoms with Crippen LogP contribution < -0.4 is 0 Å². The molecule has 3 heterocycles. The van der Waals surface area contributed by atoms with E-state index in [0.29, 0.717) is 0 Å². The standard InChI is InChI=1S/C21H16N4/c1-13-7-8-14-9-10-15-11-12-17(23-20(15)19(14)22-13)21-24-16-5-3-4-6-18(16)25(21)2/h3-12H,1-2H3. The highest BCUT2D eigenvalue weighted by atomic mass is 15.1. The Morgan fingerprint density at radius 1 is 0.720 bits per heavy atom. The van der Waals surface area contributed by atoms with Crippen LogP contribution in [0.5, 0.6) is 0 Å². The van der Waals surface area contributed by atoms with Gasteiger partial charge in [-0.15, -0.1) is 0 Å². The molecule has 4 nitrogen and oxygen atoms in total. The minimum absolute atomic E-state index is 0.863. The number of aryl methyl sites for hydroxylation is 2. The molecule has 0 unspecified atom stereocenters. The molecule has 5 rings (SSSR count). The molecule has 0 saturated carbocycles. The molecule has 4 heteroatoms. The van der Waals surface area contributed by atoms with Gasteiger partial charge in [0.1, 0.15) is 5.69 Å². The Morgan fingerprint density at radius 2 is 1.40 bits per heavy atom. The van der Waals surface area contributed by atoms with Gasteiger partial charge in [-0.3, -0.25) is 4.98 Å². The van der Waals surface area contributed by atoms with Crippen molar-refractivity contribution in [1.82, 2.24) is 19.5 Å². The Morgan fingerprint density at radius 3 is 2.20 bits per heavy atom. The van der Waals surface area contributed by atoms with Crippen LogP contribution in [0.4, 0.5) is 0 Å². The summed E-state index contributed by atoms with van der Waals surface area (Å²) in [5.41, 5.74) is 5.81. The van der Waals surface area contributed by atoms with Crippen molar-refractivity contribution in [3.05, 3.63) is 66.4 Å². The number of para-hydroxylation sites is 2. The monoisotopic (exact) mass is 324 g/mol. The van der Waals surface area contributed by atoms with Crippen LogP contribution in [-0.2, 0) is 7.05 Å². The molecule has 0 bridgehead atoms. The van der Waals surface area contributed by atoms with Crippen LogP contribution in [-0.4, -0.2) is 19.5 Å². The molecule has 0 fully saturated rings. The number of hydrogen-bond donors (Lipinski definition) is 0. The molecule has 0 amide bonds. The van der Waals surface area contributed by atoms with Gasteiger partial charge in [0.2, 0.25) is 0 Å². The second-order valence-corrected chi connectivity index (χ2v) is 6.34. The van der Waals surface area contributed by atoms with E-state index < -0.39 is 0 Å². The van der Waals surface area contributed by atoms with E-state index in [4.69, 9.17) is 15.0 Å². The first kappa shape index (κ1) is 14.1. The summed E-state index contributed by atoms with van der Waals surface area (Å²) in [6.07, 6.45) is 0. The van der Waals surface area contributed by atoms with Gasteiger partial charge in [0.05, 0.1) is 22.1 Å². The fourth-order valence-corrected chi connectivity index (χ4v) is 3.36. The van der Waals surface area contributed by atoms with Crippen molar-refractivity contribution in [2.24, 2.45) is 7.05 Å². The molecule has 0 N–H and O–H groups in total. The van der Waals surface area contributed by atoms with E-state index in [1.54, 1.807) is 0 Å². The Bertz CT molecular complexity index is 1270. The van der Waals surface area contributed by atoms with E-state index in [9.17, 15) is 0 Å². The molecule has 120 valence electrons. The molecule has 0 aliphatic heterocycles. The molecular weight excluding hydrogens is 308 g/mol. The fourth-order valence-electron chi connectivity index (χ4n) is 3.36. The van der Waals surface area contributed by atoms with Crippen LogP contribution in [0.3, 0.4) is 0 Å². The summed E-state index contributed by atoms with van der Waals surface area (Å²) in [5.74, 6) is 0.868. The maximum Gasteiger partial charge on any atom is 0.159 e. The van der Waals surface area contributed by atoms with Gasteiger partial charge in [-0.25, -0.2) is 9.97 Å². The maximum absolute atomic E-state index is 4.92. The molecule has 2 aromatic carbocycles. The van der Waals surface area contributed by atoms with Crippen molar-refractivity contribution in [1.29, 1.82) is 0 Å². The van der Waals surface area contributed by atoms with E-state index in [-0.39, 0.29) is 0 Å². The van der Waals surface area contributed by atoms with Crippen LogP contribution >= 0.6 is 0 Å². The summed E-state index contributed by atoms with van der Waals surface area (Å²) in [7, 11) is 2.03. The van der Waals surface area contributed by atoms with Crippen molar-refractivity contribution in [3.8, 4) is 11.5 Å². The number of rotatable bonds is 1. The van der Waals surface area contributed by atoms with E-state index in [0.717, 1.165) is 50.1 Å². The molecule has 0 spiro atoms. The van der Waals surface area contributed by atoms with Gasteiger partial charge < -0.3 is 4.57 Å². The molecule has 0 aliphatic carbocycles. The van der Waals surface area contributed by atoms with Crippen LogP contribution in [0.25, 0.3) is 44.4 Å². The zero-order chi connectivity index (χ0) is 17.0. The third kappa shape index (κ3) is 2.11.